The summed E-state index contributed by atoms with van der Waals surface area (Å²) in [5.41, 5.74) is -0.346. The molecule has 3 saturated heterocycles. The molecule has 1 aromatic heterocycles. The number of anilines is 1. The van der Waals surface area contributed by atoms with Gasteiger partial charge in [0.25, 0.3) is 0 Å². The molecule has 5 nitrogen and oxygen atoms in total. The fourth-order valence-corrected chi connectivity index (χ4v) is 7.00. The highest BCUT2D eigenvalue weighted by Gasteiger charge is 2.47. The summed E-state index contributed by atoms with van der Waals surface area (Å²) in [5, 5.41) is 0. The number of carbonyl (C=O) groups excluding carboxylic acids is 1. The highest BCUT2D eigenvalue weighted by Crippen LogP contribution is 2.37. The summed E-state index contributed by atoms with van der Waals surface area (Å²) < 4.78 is 56.0. The fourth-order valence-electron chi connectivity index (χ4n) is 5.53. The molecule has 0 spiro atoms. The van der Waals surface area contributed by atoms with Crippen molar-refractivity contribution in [2.75, 3.05) is 37.7 Å². The Morgan fingerprint density at radius 2 is 1.76 bits per heavy atom. The minimum atomic E-state index is -1.31. The van der Waals surface area contributed by atoms with Gasteiger partial charge in [0.1, 0.15) is 18.1 Å². The lowest BCUT2D eigenvalue weighted by molar-refractivity contribution is -0.946. The first-order valence-electron chi connectivity index (χ1n) is 12.7. The van der Waals surface area contributed by atoms with Gasteiger partial charge in [-0.3, -0.25) is 4.90 Å². The van der Waals surface area contributed by atoms with E-state index < -0.39 is 23.5 Å². The van der Waals surface area contributed by atoms with Gasteiger partial charge in [-0.2, -0.15) is 0 Å². The summed E-state index contributed by atoms with van der Waals surface area (Å²) in [5.74, 6) is -2.48. The third-order valence-corrected chi connectivity index (χ3v) is 9.13. The van der Waals surface area contributed by atoms with Crippen molar-refractivity contribution in [3.8, 4) is 5.75 Å². The summed E-state index contributed by atoms with van der Waals surface area (Å²) in [6, 6.07) is 14.5. The average molecular weight is 611 g/mol. The lowest BCUT2D eigenvalue weighted by Crippen LogP contribution is -2.65. The van der Waals surface area contributed by atoms with Crippen molar-refractivity contribution < 1.29 is 31.9 Å². The number of amides is 1. The van der Waals surface area contributed by atoms with Crippen LogP contribution < -0.4 is 9.64 Å². The van der Waals surface area contributed by atoms with Gasteiger partial charge in [-0.1, -0.05) is 18.2 Å². The van der Waals surface area contributed by atoms with Crippen LogP contribution in [-0.4, -0.2) is 49.5 Å². The molecule has 0 saturated carbocycles. The molecule has 2 aromatic carbocycles. The van der Waals surface area contributed by atoms with E-state index in [-0.39, 0.29) is 24.3 Å². The third kappa shape index (κ3) is 6.18. The number of fused-ring (bicyclic) bond motifs is 3. The largest absolute Gasteiger partial charge is 0.493 e. The molecule has 0 aliphatic carbocycles. The fraction of sp³-hybridized carbons (Fsp3) is 0.393. The second-order valence-electron chi connectivity index (χ2n) is 9.98. The summed E-state index contributed by atoms with van der Waals surface area (Å²) >= 11 is 4.76. The SMILES string of the molecule is O=C(O[C@H]1C[N+]2(CCCOc3ccccc3)CCC1CC2)N(Cc1ccc(Br)s1)c1cc(F)c(F)cc1F. The van der Waals surface area contributed by atoms with Gasteiger partial charge in [0, 0.05) is 42.2 Å². The molecule has 1 atom stereocenters. The highest BCUT2D eigenvalue weighted by molar-refractivity contribution is 9.11. The Hall–Kier alpha value is -2.56. The van der Waals surface area contributed by atoms with Crippen LogP contribution >= 0.6 is 27.3 Å². The van der Waals surface area contributed by atoms with Gasteiger partial charge < -0.3 is 14.0 Å². The molecule has 3 fully saturated rings. The van der Waals surface area contributed by atoms with Gasteiger partial charge in [0.05, 0.1) is 42.3 Å². The van der Waals surface area contributed by atoms with Crippen molar-refractivity contribution in [2.45, 2.75) is 31.9 Å². The van der Waals surface area contributed by atoms with E-state index in [4.69, 9.17) is 9.47 Å². The maximum Gasteiger partial charge on any atom is 0.415 e. The van der Waals surface area contributed by atoms with Crippen LogP contribution in [0.2, 0.25) is 0 Å². The zero-order chi connectivity index (χ0) is 26.7. The summed E-state index contributed by atoms with van der Waals surface area (Å²) in [6.45, 7) is 4.23. The first-order chi connectivity index (χ1) is 18.3. The molecule has 3 aromatic rings. The minimum absolute atomic E-state index is 0.0225. The zero-order valence-electron chi connectivity index (χ0n) is 20.8. The zero-order valence-corrected chi connectivity index (χ0v) is 23.2. The molecule has 0 N–H and O–H groups in total. The van der Waals surface area contributed by atoms with E-state index in [2.05, 4.69) is 15.9 Å². The van der Waals surface area contributed by atoms with E-state index in [1.165, 1.54) is 11.3 Å². The first kappa shape index (κ1) is 27.0. The van der Waals surface area contributed by atoms with E-state index in [0.29, 0.717) is 25.3 Å². The maximum absolute atomic E-state index is 14.8. The van der Waals surface area contributed by atoms with Crippen molar-refractivity contribution >= 4 is 39.0 Å². The number of nitrogens with zero attached hydrogens (tertiary/aromatic N) is 2. The molecule has 3 aliphatic rings. The molecule has 0 radical (unpaired) electrons. The van der Waals surface area contributed by atoms with E-state index in [1.54, 1.807) is 6.07 Å². The minimum Gasteiger partial charge on any atom is -0.493 e. The number of quaternary nitrogens is 1. The molecule has 3 aliphatic heterocycles. The van der Waals surface area contributed by atoms with Crippen molar-refractivity contribution in [3.05, 3.63) is 80.7 Å². The van der Waals surface area contributed by atoms with Crippen molar-refractivity contribution in [2.24, 2.45) is 5.92 Å². The molecule has 202 valence electrons. The van der Waals surface area contributed by atoms with Gasteiger partial charge in [0.15, 0.2) is 17.7 Å². The summed E-state index contributed by atoms with van der Waals surface area (Å²) in [4.78, 5) is 15.3. The van der Waals surface area contributed by atoms with Crippen LogP contribution in [0.15, 0.2) is 58.4 Å². The van der Waals surface area contributed by atoms with Crippen LogP contribution in [-0.2, 0) is 11.3 Å². The molecule has 2 bridgehead atoms. The Kier molecular flexibility index (Phi) is 8.30. The lowest BCUT2D eigenvalue weighted by Gasteiger charge is -2.52. The van der Waals surface area contributed by atoms with E-state index >= 15 is 0 Å². The Balaban J connectivity index is 1.27. The number of piperidine rings is 3. The maximum atomic E-state index is 14.8. The number of ether oxygens (including phenoxy) is 2. The van der Waals surface area contributed by atoms with E-state index in [9.17, 15) is 18.0 Å². The molecule has 6 rings (SSSR count). The van der Waals surface area contributed by atoms with E-state index in [1.807, 2.05) is 36.4 Å². The average Bonchev–Trinajstić information content (AvgIpc) is 3.33. The standard InChI is InChI=1S/C28H29BrF3N2O3S/c29-27-8-7-21(38-27)17-33(25-16-23(31)22(30)15-24(25)32)28(35)37-26-18-34(12-9-19(26)10-13-34)11-4-14-36-20-5-2-1-3-6-20/h1-3,5-8,15-16,19,26H,4,9-14,17-18H2/q+1/t19?,26-,34?/m0/s1. The summed E-state index contributed by atoms with van der Waals surface area (Å²) in [6.07, 6.45) is 1.67. The molecule has 4 heterocycles. The van der Waals surface area contributed by atoms with Crippen LogP contribution in [0, 0.1) is 23.4 Å². The van der Waals surface area contributed by atoms with Gasteiger partial charge >= 0.3 is 6.09 Å². The molecular weight excluding hydrogens is 581 g/mol. The number of rotatable bonds is 9. The number of benzene rings is 2. The van der Waals surface area contributed by atoms with E-state index in [0.717, 1.165) is 62.7 Å². The first-order valence-corrected chi connectivity index (χ1v) is 14.3. The Morgan fingerprint density at radius 3 is 2.47 bits per heavy atom. The topological polar surface area (TPSA) is 38.8 Å². The number of hydrogen-bond acceptors (Lipinski definition) is 4. The molecule has 0 unspecified atom stereocenters. The van der Waals surface area contributed by atoms with Crippen LogP contribution in [0.25, 0.3) is 0 Å². The Bertz CT molecular complexity index is 1270. The predicted octanol–water partition coefficient (Wildman–Crippen LogP) is 7.15. The second-order valence-corrected chi connectivity index (χ2v) is 12.5. The highest BCUT2D eigenvalue weighted by atomic mass is 79.9. The number of para-hydroxylation sites is 1. The lowest BCUT2D eigenvalue weighted by atomic mass is 9.83. The van der Waals surface area contributed by atoms with Crippen LogP contribution in [0.3, 0.4) is 0 Å². The van der Waals surface area contributed by atoms with Crippen LogP contribution in [0.4, 0.5) is 23.7 Å². The smallest absolute Gasteiger partial charge is 0.415 e. The molecule has 38 heavy (non-hydrogen) atoms. The third-order valence-electron chi connectivity index (χ3n) is 7.53. The number of carbonyl (C=O) groups is 1. The van der Waals surface area contributed by atoms with Crippen LogP contribution in [0.5, 0.6) is 5.75 Å². The number of halogens is 4. The quantitative estimate of drug-likeness (QED) is 0.147. The predicted molar refractivity (Wildman–Crippen MR) is 144 cm³/mol. The number of hydrogen-bond donors (Lipinski definition) is 0. The van der Waals surface area contributed by atoms with Gasteiger partial charge in [0.2, 0.25) is 0 Å². The van der Waals surface area contributed by atoms with Gasteiger partial charge in [-0.15, -0.1) is 11.3 Å². The molecule has 1 amide bonds. The molecule has 10 heteroatoms. The van der Waals surface area contributed by atoms with Crippen molar-refractivity contribution in [3.63, 3.8) is 0 Å². The normalized spacial score (nSPS) is 22.3. The molecular formula is C28H29BrF3N2O3S+. The van der Waals surface area contributed by atoms with Crippen molar-refractivity contribution in [1.82, 2.24) is 0 Å². The Labute approximate surface area is 232 Å². The van der Waals surface area contributed by atoms with Gasteiger partial charge in [-0.25, -0.2) is 18.0 Å². The monoisotopic (exact) mass is 609 g/mol. The Morgan fingerprint density at radius 1 is 1.03 bits per heavy atom. The summed E-state index contributed by atoms with van der Waals surface area (Å²) in [7, 11) is 0. The van der Waals surface area contributed by atoms with Crippen molar-refractivity contribution in [1.29, 1.82) is 0 Å². The van der Waals surface area contributed by atoms with Gasteiger partial charge in [-0.05, 0) is 40.2 Å². The second kappa shape index (κ2) is 11.7. The number of thiophene rings is 1. The van der Waals surface area contributed by atoms with Crippen LogP contribution in [0.1, 0.15) is 24.1 Å².